The number of methoxy groups -OCH3 is 1. The third-order valence-electron chi connectivity index (χ3n) is 9.06. The summed E-state index contributed by atoms with van der Waals surface area (Å²) < 4.78 is 19.4. The van der Waals surface area contributed by atoms with E-state index in [1.165, 1.54) is 39.2 Å². The number of anilines is 1. The van der Waals surface area contributed by atoms with Crippen molar-refractivity contribution >= 4 is 33.6 Å². The first-order valence-corrected chi connectivity index (χ1v) is 23.7. The van der Waals surface area contributed by atoms with Crippen molar-refractivity contribution in [2.24, 2.45) is 11.8 Å². The van der Waals surface area contributed by atoms with Crippen molar-refractivity contribution in [2.45, 2.75) is 89.4 Å². The Balaban J connectivity index is 1.51. The zero-order chi connectivity index (χ0) is 31.5. The van der Waals surface area contributed by atoms with E-state index in [1.807, 2.05) is 16.8 Å². The maximum absolute atomic E-state index is 12.0. The first-order valence-electron chi connectivity index (χ1n) is 16.2. The highest BCUT2D eigenvalue weighted by atomic mass is 28.3. The number of carbonyl (C=O) groups excluding carboxylic acids is 1. The van der Waals surface area contributed by atoms with Gasteiger partial charge in [-0.05, 0) is 49.3 Å². The highest BCUT2D eigenvalue weighted by molar-refractivity contribution is 6.76. The lowest BCUT2D eigenvalue weighted by atomic mass is 9.79. The van der Waals surface area contributed by atoms with Crippen molar-refractivity contribution in [3.8, 4) is 11.1 Å². The van der Waals surface area contributed by atoms with Crippen LogP contribution in [0.15, 0.2) is 30.6 Å². The minimum atomic E-state index is -1.22. The number of ether oxygens (including phenoxy) is 3. The molecule has 3 heterocycles. The Morgan fingerprint density at radius 1 is 0.932 bits per heavy atom. The molecule has 11 heteroatoms. The van der Waals surface area contributed by atoms with Gasteiger partial charge in [-0.1, -0.05) is 58.2 Å². The summed E-state index contributed by atoms with van der Waals surface area (Å²) in [6.07, 6.45) is 9.99. The maximum atomic E-state index is 12.0. The van der Waals surface area contributed by atoms with Crippen molar-refractivity contribution in [3.63, 3.8) is 0 Å². The molecule has 2 bridgehead atoms. The summed E-state index contributed by atoms with van der Waals surface area (Å²) in [6.45, 7) is 16.6. The molecule has 9 nitrogen and oxygen atoms in total. The van der Waals surface area contributed by atoms with Gasteiger partial charge >= 0.3 is 5.97 Å². The molecule has 0 aromatic carbocycles. The minimum absolute atomic E-state index is 0.275. The Kier molecular flexibility index (Phi) is 10.3. The Morgan fingerprint density at radius 2 is 1.57 bits per heavy atom. The molecule has 2 aliphatic carbocycles. The van der Waals surface area contributed by atoms with Gasteiger partial charge in [-0.2, -0.15) is 9.61 Å². The van der Waals surface area contributed by atoms with Gasteiger partial charge < -0.3 is 19.1 Å². The van der Waals surface area contributed by atoms with Gasteiger partial charge in [0, 0.05) is 64.4 Å². The van der Waals surface area contributed by atoms with Crippen LogP contribution in [-0.4, -0.2) is 75.5 Å². The van der Waals surface area contributed by atoms with Gasteiger partial charge in [0.2, 0.25) is 0 Å². The summed E-state index contributed by atoms with van der Waals surface area (Å²) in [4.78, 5) is 23.8. The number of hydrogen-bond acceptors (Lipinski definition) is 8. The monoisotopic (exact) mass is 637 g/mol. The second-order valence-corrected chi connectivity index (χ2v) is 26.4. The normalized spacial score (nSPS) is 20.3. The van der Waals surface area contributed by atoms with Crippen LogP contribution in [0.4, 0.5) is 5.82 Å². The fourth-order valence-corrected chi connectivity index (χ4v) is 7.92. The van der Waals surface area contributed by atoms with Crippen molar-refractivity contribution in [1.82, 2.24) is 19.6 Å². The van der Waals surface area contributed by atoms with Crippen LogP contribution in [0.1, 0.15) is 54.2 Å². The Bertz CT molecular complexity index is 1380. The number of fused-ring (bicyclic) bond motifs is 3. The molecule has 44 heavy (non-hydrogen) atoms. The van der Waals surface area contributed by atoms with Crippen LogP contribution < -0.4 is 4.90 Å². The SMILES string of the molecule is COC(=O)c1ccc(-c2cnn3c(N(COCC[Si](C)(C)C)COCC[Si](C)(C)C)cc([C@H]4C[C@@H]5CC[C@@H](C5)C4)nc23)cn1. The molecule has 3 aromatic heterocycles. The average molecular weight is 638 g/mol. The Labute approximate surface area is 264 Å². The van der Waals surface area contributed by atoms with Gasteiger partial charge in [0.05, 0.1) is 13.3 Å². The van der Waals surface area contributed by atoms with Crippen LogP contribution in [0.2, 0.25) is 51.4 Å². The zero-order valence-corrected chi connectivity index (χ0v) is 29.8. The number of rotatable bonds is 14. The number of aromatic nitrogens is 4. The Morgan fingerprint density at radius 3 is 2.11 bits per heavy atom. The number of pyridine rings is 1. The first-order chi connectivity index (χ1) is 20.9. The van der Waals surface area contributed by atoms with Crippen LogP contribution in [0.25, 0.3) is 16.8 Å². The van der Waals surface area contributed by atoms with Gasteiger partial charge in [-0.25, -0.2) is 14.8 Å². The molecule has 0 aliphatic heterocycles. The maximum Gasteiger partial charge on any atom is 0.356 e. The van der Waals surface area contributed by atoms with Gasteiger partial charge in [-0.15, -0.1) is 0 Å². The molecule has 3 atom stereocenters. The molecule has 0 spiro atoms. The quantitative estimate of drug-likeness (QED) is 0.0787. The number of nitrogens with zero attached hydrogens (tertiary/aromatic N) is 5. The number of hydrogen-bond donors (Lipinski definition) is 0. The summed E-state index contributed by atoms with van der Waals surface area (Å²) in [5.41, 5.74) is 3.93. The number of esters is 1. The summed E-state index contributed by atoms with van der Waals surface area (Å²) in [7, 11) is -1.08. The van der Waals surface area contributed by atoms with E-state index in [2.05, 4.69) is 55.2 Å². The highest BCUT2D eigenvalue weighted by Gasteiger charge is 2.36. The van der Waals surface area contributed by atoms with Gasteiger partial charge in [0.25, 0.3) is 0 Å². The molecule has 2 saturated carbocycles. The van der Waals surface area contributed by atoms with E-state index >= 15 is 0 Å². The van der Waals surface area contributed by atoms with E-state index in [1.54, 1.807) is 12.3 Å². The second-order valence-electron chi connectivity index (χ2n) is 15.2. The largest absolute Gasteiger partial charge is 0.464 e. The molecule has 2 aliphatic rings. The predicted octanol–water partition coefficient (Wildman–Crippen LogP) is 7.30. The fraction of sp³-hybridized carbons (Fsp3) is 0.636. The van der Waals surface area contributed by atoms with Gasteiger partial charge in [-0.3, -0.25) is 0 Å². The molecule has 0 amide bonds. The average Bonchev–Trinajstić information content (AvgIpc) is 3.56. The van der Waals surface area contributed by atoms with Gasteiger partial charge in [0.1, 0.15) is 25.0 Å². The van der Waals surface area contributed by atoms with Crippen LogP contribution in [0.3, 0.4) is 0 Å². The van der Waals surface area contributed by atoms with E-state index in [-0.39, 0.29) is 5.69 Å². The molecule has 3 aromatic rings. The molecule has 0 saturated heterocycles. The molecule has 0 N–H and O–H groups in total. The second kappa shape index (κ2) is 13.8. The molecular weight excluding hydrogens is 587 g/mol. The standard InChI is InChI=1S/C33H51N5O4Si2/c1-40-33(39)29-11-10-26(20-34-29)28-21-35-38-31(19-30(36-32(28)38)27-17-24-8-9-25(16-24)18-27)37(22-41-12-14-43(2,3)4)23-42-13-15-44(5,6)7/h10-11,19-21,24-25,27H,8-9,12-18,22-23H2,1-7H3/t24-,25+,27+. The molecule has 240 valence electrons. The summed E-state index contributed by atoms with van der Waals surface area (Å²) in [5.74, 6) is 2.51. The van der Waals surface area contributed by atoms with Crippen LogP contribution in [0.5, 0.6) is 0 Å². The first kappa shape index (κ1) is 32.8. The lowest BCUT2D eigenvalue weighted by Gasteiger charge is -2.30. The van der Waals surface area contributed by atoms with Crippen molar-refractivity contribution in [2.75, 3.05) is 38.7 Å². The van der Waals surface area contributed by atoms with E-state index in [4.69, 9.17) is 24.3 Å². The molecule has 0 unspecified atom stereocenters. The van der Waals surface area contributed by atoms with Crippen molar-refractivity contribution in [1.29, 1.82) is 0 Å². The highest BCUT2D eigenvalue weighted by Crippen LogP contribution is 2.48. The van der Waals surface area contributed by atoms with Gasteiger partial charge in [0.15, 0.2) is 5.65 Å². The fourth-order valence-electron chi connectivity index (χ4n) is 6.41. The van der Waals surface area contributed by atoms with E-state index in [9.17, 15) is 4.79 Å². The van der Waals surface area contributed by atoms with Crippen LogP contribution in [0, 0.1) is 11.8 Å². The van der Waals surface area contributed by atoms with E-state index in [0.717, 1.165) is 65.4 Å². The van der Waals surface area contributed by atoms with Crippen molar-refractivity contribution < 1.29 is 19.0 Å². The van der Waals surface area contributed by atoms with Crippen molar-refractivity contribution in [3.05, 3.63) is 42.0 Å². The van der Waals surface area contributed by atoms with Crippen LogP contribution >= 0.6 is 0 Å². The lowest BCUT2D eigenvalue weighted by molar-refractivity contribution is 0.0594. The smallest absolute Gasteiger partial charge is 0.356 e. The van der Waals surface area contributed by atoms with E-state index in [0.29, 0.717) is 19.4 Å². The summed E-state index contributed by atoms with van der Waals surface area (Å²) in [6, 6.07) is 8.04. The Hall–Kier alpha value is -2.61. The topological polar surface area (TPSA) is 91.1 Å². The molecule has 5 rings (SSSR count). The van der Waals surface area contributed by atoms with Crippen LogP contribution in [-0.2, 0) is 14.2 Å². The third-order valence-corrected chi connectivity index (χ3v) is 12.5. The summed E-state index contributed by atoms with van der Waals surface area (Å²) in [5, 5.41) is 4.85. The lowest BCUT2D eigenvalue weighted by Crippen LogP contribution is -2.33. The number of carbonyl (C=O) groups is 1. The molecular formula is C33H51N5O4Si2. The molecule has 0 radical (unpaired) electrons. The zero-order valence-electron chi connectivity index (χ0n) is 27.8. The summed E-state index contributed by atoms with van der Waals surface area (Å²) >= 11 is 0. The van der Waals surface area contributed by atoms with E-state index < -0.39 is 22.1 Å². The minimum Gasteiger partial charge on any atom is -0.464 e. The molecule has 2 fully saturated rings. The third kappa shape index (κ3) is 8.35. The predicted molar refractivity (Wildman–Crippen MR) is 181 cm³/mol.